The molecule has 0 aromatic carbocycles. The second-order valence-electron chi connectivity index (χ2n) is 2.77. The van der Waals surface area contributed by atoms with Crippen LogP contribution in [0.1, 0.15) is 5.69 Å². The molecule has 15 heavy (non-hydrogen) atoms. The zero-order valence-electron chi connectivity index (χ0n) is 7.18. The second-order valence-corrected chi connectivity index (χ2v) is 3.61. The molecule has 7 heteroatoms. The number of hydrogen-bond donors (Lipinski definition) is 1. The Hall–Kier alpha value is -0.940. The number of nitrogens with zero attached hydrogens (tertiary/aromatic N) is 1. The Morgan fingerprint density at radius 2 is 2.13 bits per heavy atom. The van der Waals surface area contributed by atoms with Crippen LogP contribution in [-0.4, -0.2) is 22.0 Å². The summed E-state index contributed by atoms with van der Waals surface area (Å²) >= 11 is 11.1. The quantitative estimate of drug-likeness (QED) is 0.904. The van der Waals surface area contributed by atoms with E-state index in [0.29, 0.717) is 0 Å². The summed E-state index contributed by atoms with van der Waals surface area (Å²) in [6, 6.07) is 1.23. The van der Waals surface area contributed by atoms with Gasteiger partial charge in [0.25, 0.3) is 0 Å². The Morgan fingerprint density at radius 1 is 1.53 bits per heavy atom. The first-order valence-corrected chi connectivity index (χ1v) is 4.49. The predicted molar refractivity (Wildman–Crippen MR) is 50.5 cm³/mol. The van der Waals surface area contributed by atoms with Crippen molar-refractivity contribution >= 4 is 29.2 Å². The van der Waals surface area contributed by atoms with Crippen LogP contribution >= 0.6 is 23.2 Å². The third-order valence-corrected chi connectivity index (χ3v) is 2.12. The summed E-state index contributed by atoms with van der Waals surface area (Å²) in [6.45, 7) is 0. The van der Waals surface area contributed by atoms with Crippen LogP contribution in [0.4, 0.5) is 8.78 Å². The van der Waals surface area contributed by atoms with Gasteiger partial charge >= 0.3 is 11.9 Å². The van der Waals surface area contributed by atoms with E-state index in [4.69, 9.17) is 28.3 Å². The van der Waals surface area contributed by atoms with Crippen LogP contribution in [0.25, 0.3) is 0 Å². The van der Waals surface area contributed by atoms with Crippen LogP contribution < -0.4 is 0 Å². The highest BCUT2D eigenvalue weighted by molar-refractivity contribution is 6.34. The fraction of sp³-hybridized carbons (Fsp3) is 0.250. The monoisotopic (exact) mass is 255 g/mol. The summed E-state index contributed by atoms with van der Waals surface area (Å²) in [5.74, 6) is -6.10. The molecule has 1 N–H and O–H groups in total. The number of carboxylic acid groups (broad SMARTS) is 1. The second kappa shape index (κ2) is 4.28. The molecule has 1 aromatic rings. The number of rotatable bonds is 3. The Balaban J connectivity index is 2.95. The van der Waals surface area contributed by atoms with Crippen LogP contribution in [0, 0.1) is 0 Å². The largest absolute Gasteiger partial charge is 0.477 e. The molecule has 0 amide bonds. The molecule has 3 nitrogen and oxygen atoms in total. The van der Waals surface area contributed by atoms with Crippen LogP contribution in [0.3, 0.4) is 0 Å². The maximum atomic E-state index is 12.8. The average Bonchev–Trinajstić information content (AvgIpc) is 2.09. The molecular formula is C8H5Cl2F2NO2. The van der Waals surface area contributed by atoms with Crippen molar-refractivity contribution in [3.05, 3.63) is 28.0 Å². The Morgan fingerprint density at radius 3 is 2.60 bits per heavy atom. The number of alkyl halides is 2. The number of aromatic nitrogens is 1. The van der Waals surface area contributed by atoms with E-state index in [0.717, 1.165) is 6.20 Å². The minimum absolute atomic E-state index is 0.0802. The average molecular weight is 256 g/mol. The van der Waals surface area contributed by atoms with Crippen LogP contribution in [0.15, 0.2) is 12.3 Å². The molecule has 0 aliphatic carbocycles. The lowest BCUT2D eigenvalue weighted by molar-refractivity contribution is -0.164. The third kappa shape index (κ3) is 3.00. The van der Waals surface area contributed by atoms with Gasteiger partial charge in [-0.25, -0.2) is 4.79 Å². The van der Waals surface area contributed by atoms with Crippen molar-refractivity contribution in [3.63, 3.8) is 0 Å². The zero-order valence-corrected chi connectivity index (χ0v) is 8.69. The minimum atomic E-state index is -3.88. The molecule has 1 heterocycles. The van der Waals surface area contributed by atoms with Gasteiger partial charge in [-0.1, -0.05) is 23.2 Å². The lowest BCUT2D eigenvalue weighted by Gasteiger charge is -2.11. The Bertz CT molecular complexity index is 398. The number of hydrogen-bond acceptors (Lipinski definition) is 2. The summed E-state index contributed by atoms with van der Waals surface area (Å²) in [7, 11) is 0. The molecule has 0 saturated heterocycles. The molecule has 0 atom stereocenters. The van der Waals surface area contributed by atoms with Gasteiger partial charge in [0.1, 0.15) is 0 Å². The standard InChI is InChI=1S/C8H5Cl2F2NO2/c9-4-1-5(10)6(13-3-4)2-8(11,12)7(14)15/h1,3H,2H2,(H,14,15). The van der Waals surface area contributed by atoms with Crippen LogP contribution in [-0.2, 0) is 11.2 Å². The zero-order chi connectivity index (χ0) is 11.6. The van der Waals surface area contributed by atoms with E-state index in [1.807, 2.05) is 0 Å². The first-order valence-electron chi connectivity index (χ1n) is 3.74. The van der Waals surface area contributed by atoms with E-state index in [9.17, 15) is 13.6 Å². The summed E-state index contributed by atoms with van der Waals surface area (Å²) in [5.41, 5.74) is -0.200. The van der Waals surface area contributed by atoms with Crippen molar-refractivity contribution in [2.75, 3.05) is 0 Å². The van der Waals surface area contributed by atoms with E-state index < -0.39 is 18.3 Å². The van der Waals surface area contributed by atoms with Crippen molar-refractivity contribution in [3.8, 4) is 0 Å². The molecular weight excluding hydrogens is 251 g/mol. The van der Waals surface area contributed by atoms with Crippen molar-refractivity contribution in [1.29, 1.82) is 0 Å². The lowest BCUT2D eigenvalue weighted by atomic mass is 10.1. The molecule has 0 unspecified atom stereocenters. The number of pyridine rings is 1. The first kappa shape index (κ1) is 12.1. The minimum Gasteiger partial charge on any atom is -0.477 e. The van der Waals surface area contributed by atoms with E-state index in [1.165, 1.54) is 6.07 Å². The van der Waals surface area contributed by atoms with Gasteiger partial charge in [-0.05, 0) is 6.07 Å². The van der Waals surface area contributed by atoms with Crippen molar-refractivity contribution in [1.82, 2.24) is 4.98 Å². The van der Waals surface area contributed by atoms with E-state index in [2.05, 4.69) is 4.98 Å². The smallest absolute Gasteiger partial charge is 0.374 e. The fourth-order valence-corrected chi connectivity index (χ4v) is 1.31. The van der Waals surface area contributed by atoms with E-state index in [1.54, 1.807) is 0 Å². The Kier molecular flexibility index (Phi) is 3.46. The van der Waals surface area contributed by atoms with Gasteiger partial charge in [0, 0.05) is 6.20 Å². The molecule has 1 rings (SSSR count). The van der Waals surface area contributed by atoms with E-state index >= 15 is 0 Å². The SMILES string of the molecule is O=C(O)C(F)(F)Cc1ncc(Cl)cc1Cl. The summed E-state index contributed by atoms with van der Waals surface area (Å²) in [6.07, 6.45) is 0.0685. The van der Waals surface area contributed by atoms with Gasteiger partial charge in [-0.2, -0.15) is 8.78 Å². The third-order valence-electron chi connectivity index (χ3n) is 1.59. The molecule has 0 spiro atoms. The van der Waals surface area contributed by atoms with Crippen LogP contribution in [0.2, 0.25) is 10.0 Å². The summed E-state index contributed by atoms with van der Waals surface area (Å²) in [4.78, 5) is 13.7. The highest BCUT2D eigenvalue weighted by Crippen LogP contribution is 2.25. The number of carboxylic acids is 1. The fourth-order valence-electron chi connectivity index (χ4n) is 0.859. The molecule has 82 valence electrons. The normalized spacial score (nSPS) is 11.5. The van der Waals surface area contributed by atoms with Gasteiger partial charge in [0.2, 0.25) is 0 Å². The number of carbonyl (C=O) groups is 1. The maximum Gasteiger partial charge on any atom is 0.374 e. The van der Waals surface area contributed by atoms with Gasteiger partial charge in [-0.3, -0.25) is 4.98 Å². The molecule has 1 aromatic heterocycles. The number of halogens is 4. The highest BCUT2D eigenvalue weighted by Gasteiger charge is 2.39. The van der Waals surface area contributed by atoms with Gasteiger partial charge in [0.15, 0.2) is 0 Å². The molecule has 0 aliphatic rings. The first-order chi connectivity index (χ1) is 6.83. The van der Waals surface area contributed by atoms with Crippen LogP contribution in [0.5, 0.6) is 0 Å². The number of aliphatic carboxylic acids is 1. The molecule has 0 fully saturated rings. The molecule has 0 radical (unpaired) electrons. The molecule has 0 saturated carbocycles. The Labute approximate surface area is 93.6 Å². The summed E-state index contributed by atoms with van der Waals surface area (Å²) < 4.78 is 25.6. The van der Waals surface area contributed by atoms with Gasteiger partial charge in [0.05, 0.1) is 22.2 Å². The van der Waals surface area contributed by atoms with Crippen molar-refractivity contribution < 1.29 is 18.7 Å². The topological polar surface area (TPSA) is 50.2 Å². The summed E-state index contributed by atoms with van der Waals surface area (Å²) in [5, 5.41) is 8.32. The van der Waals surface area contributed by atoms with Crippen molar-refractivity contribution in [2.24, 2.45) is 0 Å². The van der Waals surface area contributed by atoms with Crippen molar-refractivity contribution in [2.45, 2.75) is 12.3 Å². The van der Waals surface area contributed by atoms with E-state index in [-0.39, 0.29) is 15.7 Å². The van der Waals surface area contributed by atoms with Gasteiger partial charge in [-0.15, -0.1) is 0 Å². The molecule has 0 aliphatic heterocycles. The molecule has 0 bridgehead atoms. The van der Waals surface area contributed by atoms with Gasteiger partial charge < -0.3 is 5.11 Å². The highest BCUT2D eigenvalue weighted by atomic mass is 35.5. The predicted octanol–water partition coefficient (Wildman–Crippen LogP) is 2.65. The lowest BCUT2D eigenvalue weighted by Crippen LogP contribution is -2.31. The maximum absolute atomic E-state index is 12.8.